The van der Waals surface area contributed by atoms with E-state index in [2.05, 4.69) is 30.6 Å². The van der Waals surface area contributed by atoms with Crippen LogP contribution in [-0.2, 0) is 4.74 Å². The summed E-state index contributed by atoms with van der Waals surface area (Å²) in [6, 6.07) is 7.19. The number of thiophene rings is 1. The largest absolute Gasteiger partial charge is 0.465 e. The number of carbonyl (C=O) groups excluding carboxylic acids is 1. The van der Waals surface area contributed by atoms with Gasteiger partial charge >= 0.3 is 5.97 Å². The Hall–Kier alpha value is -1.79. The van der Waals surface area contributed by atoms with Gasteiger partial charge < -0.3 is 4.74 Å². The van der Waals surface area contributed by atoms with Crippen molar-refractivity contribution in [1.29, 1.82) is 0 Å². The Morgan fingerprint density at radius 3 is 2.70 bits per heavy atom. The lowest BCUT2D eigenvalue weighted by Gasteiger charge is -2.03. The maximum absolute atomic E-state index is 11.4. The van der Waals surface area contributed by atoms with E-state index >= 15 is 0 Å². The number of aromatic nitrogens is 2. The molecular weight excluding hydrogens is 340 g/mol. The summed E-state index contributed by atoms with van der Waals surface area (Å²) >= 11 is 5.06. The Bertz CT molecular complexity index is 783. The monoisotopic (exact) mass is 348 g/mol. The molecule has 0 aliphatic carbocycles. The van der Waals surface area contributed by atoms with Gasteiger partial charge in [0.05, 0.1) is 33.1 Å². The summed E-state index contributed by atoms with van der Waals surface area (Å²) in [5, 5.41) is 1.99. The summed E-state index contributed by atoms with van der Waals surface area (Å²) in [5.41, 5.74) is 3.23. The van der Waals surface area contributed by atoms with Gasteiger partial charge in [-0.3, -0.25) is 0 Å². The molecule has 3 rings (SSSR count). The van der Waals surface area contributed by atoms with E-state index in [1.54, 1.807) is 29.8 Å². The van der Waals surface area contributed by atoms with Crippen LogP contribution in [0, 0.1) is 0 Å². The molecule has 0 fully saturated rings. The third kappa shape index (κ3) is 2.21. The minimum absolute atomic E-state index is 0.344. The number of ether oxygens (including phenoxy) is 1. The molecular formula is C14H9BrN2O2S. The lowest BCUT2D eigenvalue weighted by atomic mass is 10.1. The van der Waals surface area contributed by atoms with Crippen LogP contribution < -0.4 is 0 Å². The highest BCUT2D eigenvalue weighted by Crippen LogP contribution is 2.34. The number of benzene rings is 1. The molecule has 1 aromatic carbocycles. The van der Waals surface area contributed by atoms with Crippen LogP contribution in [-0.4, -0.2) is 23.0 Å². The molecule has 0 amide bonds. The first-order valence-electron chi connectivity index (χ1n) is 5.77. The predicted molar refractivity (Wildman–Crippen MR) is 81.9 cm³/mol. The quantitative estimate of drug-likeness (QED) is 0.659. The second-order valence-electron chi connectivity index (χ2n) is 4.05. The van der Waals surface area contributed by atoms with Crippen molar-refractivity contribution in [2.24, 2.45) is 0 Å². The Morgan fingerprint density at radius 2 is 2.00 bits per heavy atom. The summed E-state index contributed by atoms with van der Waals surface area (Å²) in [4.78, 5) is 20.0. The molecule has 0 aliphatic heterocycles. The Kier molecular flexibility index (Phi) is 3.50. The minimum Gasteiger partial charge on any atom is -0.465 e. The van der Waals surface area contributed by atoms with Crippen LogP contribution in [0.2, 0.25) is 0 Å². The topological polar surface area (TPSA) is 52.1 Å². The Balaban J connectivity index is 2.09. The molecule has 0 bridgehead atoms. The number of fused-ring (bicyclic) bond motifs is 1. The molecule has 0 spiro atoms. The molecule has 100 valence electrons. The van der Waals surface area contributed by atoms with Crippen molar-refractivity contribution in [2.45, 2.75) is 0 Å². The molecule has 6 heteroatoms. The zero-order valence-corrected chi connectivity index (χ0v) is 12.9. The van der Waals surface area contributed by atoms with Gasteiger partial charge in [0.2, 0.25) is 0 Å². The fourth-order valence-electron chi connectivity index (χ4n) is 1.91. The van der Waals surface area contributed by atoms with Gasteiger partial charge in [0.1, 0.15) is 6.33 Å². The first-order chi connectivity index (χ1) is 9.70. The van der Waals surface area contributed by atoms with Gasteiger partial charge in [-0.1, -0.05) is 12.1 Å². The van der Waals surface area contributed by atoms with Gasteiger partial charge in [0.15, 0.2) is 0 Å². The molecule has 0 radical (unpaired) electrons. The second kappa shape index (κ2) is 5.30. The van der Waals surface area contributed by atoms with E-state index in [4.69, 9.17) is 0 Å². The molecule has 0 N–H and O–H groups in total. The lowest BCUT2D eigenvalue weighted by Crippen LogP contribution is -2.00. The molecule has 3 aromatic rings. The number of rotatable bonds is 2. The highest BCUT2D eigenvalue weighted by Gasteiger charge is 2.11. The van der Waals surface area contributed by atoms with Gasteiger partial charge in [0.25, 0.3) is 0 Å². The standard InChI is InChI=1S/C14H9BrN2O2S/c1-19-14(18)9-4-2-8(3-5-9)11-13-12(17-7-16-11)10(15)6-20-13/h2-7H,1H3. The third-order valence-corrected chi connectivity index (χ3v) is 4.77. The smallest absolute Gasteiger partial charge is 0.337 e. The van der Waals surface area contributed by atoms with Gasteiger partial charge in [0, 0.05) is 10.9 Å². The van der Waals surface area contributed by atoms with Crippen LogP contribution in [0.5, 0.6) is 0 Å². The SMILES string of the molecule is COC(=O)c1ccc(-c2ncnc3c(Br)csc23)cc1. The fraction of sp³-hybridized carbons (Fsp3) is 0.0714. The number of carbonyl (C=O) groups is 1. The number of nitrogens with zero attached hydrogens (tertiary/aromatic N) is 2. The Morgan fingerprint density at radius 1 is 1.25 bits per heavy atom. The van der Waals surface area contributed by atoms with Gasteiger partial charge in [-0.15, -0.1) is 11.3 Å². The molecule has 0 saturated heterocycles. The fourth-order valence-corrected chi connectivity index (χ4v) is 3.51. The van der Waals surface area contributed by atoms with Crippen LogP contribution in [0.1, 0.15) is 10.4 Å². The van der Waals surface area contributed by atoms with Crippen LogP contribution in [0.4, 0.5) is 0 Å². The van der Waals surface area contributed by atoms with Crippen LogP contribution in [0.15, 0.2) is 40.4 Å². The van der Waals surface area contributed by atoms with Crippen molar-refractivity contribution in [1.82, 2.24) is 9.97 Å². The summed E-state index contributed by atoms with van der Waals surface area (Å²) in [5.74, 6) is -0.344. The average molecular weight is 349 g/mol. The van der Waals surface area contributed by atoms with Gasteiger partial charge in [-0.25, -0.2) is 14.8 Å². The van der Waals surface area contributed by atoms with E-state index in [1.807, 2.05) is 17.5 Å². The molecule has 0 aliphatic rings. The van der Waals surface area contributed by atoms with E-state index in [-0.39, 0.29) is 5.97 Å². The summed E-state index contributed by atoms with van der Waals surface area (Å²) in [6.45, 7) is 0. The number of halogens is 1. The van der Waals surface area contributed by atoms with Crippen molar-refractivity contribution >= 4 is 43.5 Å². The average Bonchev–Trinajstić information content (AvgIpc) is 2.88. The van der Waals surface area contributed by atoms with Gasteiger partial charge in [-0.05, 0) is 28.1 Å². The van der Waals surface area contributed by atoms with E-state index in [9.17, 15) is 4.79 Å². The molecule has 2 heterocycles. The van der Waals surface area contributed by atoms with Crippen molar-refractivity contribution in [3.63, 3.8) is 0 Å². The van der Waals surface area contributed by atoms with Gasteiger partial charge in [-0.2, -0.15) is 0 Å². The normalized spacial score (nSPS) is 10.7. The highest BCUT2D eigenvalue weighted by molar-refractivity contribution is 9.10. The van der Waals surface area contributed by atoms with Crippen molar-refractivity contribution < 1.29 is 9.53 Å². The van der Waals surface area contributed by atoms with Crippen LogP contribution in [0.25, 0.3) is 21.5 Å². The van der Waals surface area contributed by atoms with Crippen LogP contribution in [0.3, 0.4) is 0 Å². The lowest BCUT2D eigenvalue weighted by molar-refractivity contribution is 0.0601. The molecule has 4 nitrogen and oxygen atoms in total. The van der Waals surface area contributed by atoms with E-state index < -0.39 is 0 Å². The number of hydrogen-bond donors (Lipinski definition) is 0. The Labute approximate surface area is 127 Å². The molecule has 20 heavy (non-hydrogen) atoms. The zero-order valence-electron chi connectivity index (χ0n) is 10.5. The highest BCUT2D eigenvalue weighted by atomic mass is 79.9. The molecule has 2 aromatic heterocycles. The van der Waals surface area contributed by atoms with E-state index in [0.29, 0.717) is 5.56 Å². The van der Waals surface area contributed by atoms with Crippen LogP contribution >= 0.6 is 27.3 Å². The molecule has 0 atom stereocenters. The zero-order chi connectivity index (χ0) is 14.1. The first kappa shape index (κ1) is 13.2. The third-order valence-electron chi connectivity index (χ3n) is 2.89. The summed E-state index contributed by atoms with van der Waals surface area (Å²) < 4.78 is 6.67. The van der Waals surface area contributed by atoms with Crippen molar-refractivity contribution in [2.75, 3.05) is 7.11 Å². The van der Waals surface area contributed by atoms with Crippen molar-refractivity contribution in [3.8, 4) is 11.3 Å². The summed E-state index contributed by atoms with van der Waals surface area (Å²) in [6.07, 6.45) is 1.55. The number of hydrogen-bond acceptors (Lipinski definition) is 5. The van der Waals surface area contributed by atoms with E-state index in [1.165, 1.54) is 7.11 Å². The molecule has 0 unspecified atom stereocenters. The second-order valence-corrected chi connectivity index (χ2v) is 5.79. The van der Waals surface area contributed by atoms with E-state index in [0.717, 1.165) is 25.9 Å². The maximum Gasteiger partial charge on any atom is 0.337 e. The maximum atomic E-state index is 11.4. The van der Waals surface area contributed by atoms with Crippen molar-refractivity contribution in [3.05, 3.63) is 46.0 Å². The summed E-state index contributed by atoms with van der Waals surface area (Å²) in [7, 11) is 1.37. The first-order valence-corrected chi connectivity index (χ1v) is 7.44. The predicted octanol–water partition coefficient (Wildman–Crippen LogP) is 3.91. The minimum atomic E-state index is -0.344. The number of esters is 1. The molecule has 0 saturated carbocycles. The number of methoxy groups -OCH3 is 1.